The zero-order valence-electron chi connectivity index (χ0n) is 16.0. The maximum absolute atomic E-state index is 11.9. The van der Waals surface area contributed by atoms with Crippen molar-refractivity contribution in [3.8, 4) is 11.5 Å². The molecule has 0 N–H and O–H groups in total. The Balaban J connectivity index is 1.85. The molecule has 0 aromatic heterocycles. The van der Waals surface area contributed by atoms with Crippen molar-refractivity contribution in [3.05, 3.63) is 23.8 Å². The van der Waals surface area contributed by atoms with Crippen LogP contribution in [0.1, 0.15) is 26.3 Å². The lowest BCUT2D eigenvalue weighted by Crippen LogP contribution is -2.48. The number of ether oxygens (including phenoxy) is 3. The molecule has 1 heterocycles. The van der Waals surface area contributed by atoms with Gasteiger partial charge < -0.3 is 14.2 Å². The molecule has 1 fully saturated rings. The molecule has 0 bridgehead atoms. The minimum Gasteiger partial charge on any atom is -0.497 e. The molecule has 0 amide bonds. The van der Waals surface area contributed by atoms with Crippen LogP contribution in [0.3, 0.4) is 0 Å². The van der Waals surface area contributed by atoms with E-state index in [4.69, 9.17) is 14.2 Å². The van der Waals surface area contributed by atoms with E-state index in [9.17, 15) is 4.79 Å². The second kappa shape index (κ2) is 8.54. The fourth-order valence-electron chi connectivity index (χ4n) is 2.91. The van der Waals surface area contributed by atoms with Crippen LogP contribution >= 0.6 is 0 Å². The van der Waals surface area contributed by atoms with E-state index in [2.05, 4.69) is 9.80 Å². The van der Waals surface area contributed by atoms with Crippen molar-refractivity contribution in [2.75, 3.05) is 46.9 Å². The van der Waals surface area contributed by atoms with Crippen molar-refractivity contribution in [2.24, 2.45) is 0 Å². The molecule has 2 rings (SSSR count). The first-order chi connectivity index (χ1) is 11.8. The molecule has 0 atom stereocenters. The summed E-state index contributed by atoms with van der Waals surface area (Å²) in [5, 5.41) is 0. The predicted molar refractivity (Wildman–Crippen MR) is 97.1 cm³/mol. The van der Waals surface area contributed by atoms with Crippen molar-refractivity contribution >= 4 is 5.97 Å². The number of nitrogens with zero attached hydrogens (tertiary/aromatic N) is 2. The quantitative estimate of drug-likeness (QED) is 0.733. The molecular formula is C19H30N2O4. The average molecular weight is 350 g/mol. The number of hydrogen-bond acceptors (Lipinski definition) is 6. The molecule has 25 heavy (non-hydrogen) atoms. The van der Waals surface area contributed by atoms with E-state index in [-0.39, 0.29) is 5.97 Å². The van der Waals surface area contributed by atoms with Crippen LogP contribution in [0.2, 0.25) is 0 Å². The third-order valence-electron chi connectivity index (χ3n) is 4.12. The fourth-order valence-corrected chi connectivity index (χ4v) is 2.91. The number of hydrogen-bond donors (Lipinski definition) is 0. The molecule has 0 spiro atoms. The number of carbonyl (C=O) groups excluding carboxylic acids is 1. The van der Waals surface area contributed by atoms with Gasteiger partial charge >= 0.3 is 5.97 Å². The molecule has 0 aliphatic carbocycles. The van der Waals surface area contributed by atoms with Gasteiger partial charge in [0.2, 0.25) is 0 Å². The van der Waals surface area contributed by atoms with Gasteiger partial charge in [-0.3, -0.25) is 14.6 Å². The minimum atomic E-state index is -0.429. The van der Waals surface area contributed by atoms with Gasteiger partial charge in [0.15, 0.2) is 0 Å². The van der Waals surface area contributed by atoms with Gasteiger partial charge in [-0.05, 0) is 39.0 Å². The van der Waals surface area contributed by atoms with E-state index in [0.29, 0.717) is 6.54 Å². The summed E-state index contributed by atoms with van der Waals surface area (Å²) in [5.74, 6) is 1.55. The van der Waals surface area contributed by atoms with Crippen LogP contribution in [0, 0.1) is 0 Å². The van der Waals surface area contributed by atoms with Crippen molar-refractivity contribution in [2.45, 2.75) is 32.9 Å². The zero-order chi connectivity index (χ0) is 18.4. The van der Waals surface area contributed by atoms with E-state index in [1.54, 1.807) is 14.2 Å². The van der Waals surface area contributed by atoms with Crippen molar-refractivity contribution in [1.82, 2.24) is 9.80 Å². The van der Waals surface area contributed by atoms with Gasteiger partial charge in [-0.15, -0.1) is 0 Å². The minimum absolute atomic E-state index is 0.157. The average Bonchev–Trinajstić information content (AvgIpc) is 2.54. The van der Waals surface area contributed by atoms with Gasteiger partial charge in [0.1, 0.15) is 17.1 Å². The molecule has 140 valence electrons. The summed E-state index contributed by atoms with van der Waals surface area (Å²) < 4.78 is 16.2. The van der Waals surface area contributed by atoms with E-state index in [0.717, 1.165) is 49.8 Å². The Labute approximate surface area is 150 Å². The third-order valence-corrected chi connectivity index (χ3v) is 4.12. The van der Waals surface area contributed by atoms with E-state index in [1.165, 1.54) is 0 Å². The highest BCUT2D eigenvalue weighted by molar-refractivity contribution is 5.72. The number of piperazine rings is 1. The summed E-state index contributed by atoms with van der Waals surface area (Å²) in [5.41, 5.74) is 0.685. The normalized spacial score (nSPS) is 16.5. The Bertz CT molecular complexity index is 575. The topological polar surface area (TPSA) is 51.2 Å². The van der Waals surface area contributed by atoms with Gasteiger partial charge in [0.05, 0.1) is 20.8 Å². The molecule has 0 radical (unpaired) electrons. The highest BCUT2D eigenvalue weighted by atomic mass is 16.6. The summed E-state index contributed by atoms with van der Waals surface area (Å²) in [4.78, 5) is 16.5. The van der Waals surface area contributed by atoms with Crippen molar-refractivity contribution in [3.63, 3.8) is 0 Å². The third kappa shape index (κ3) is 6.21. The Hall–Kier alpha value is -1.79. The molecule has 1 aromatic carbocycles. The van der Waals surface area contributed by atoms with Gasteiger partial charge in [-0.25, -0.2) is 0 Å². The Kier molecular flexibility index (Phi) is 6.67. The highest BCUT2D eigenvalue weighted by Gasteiger charge is 2.23. The number of methoxy groups -OCH3 is 2. The lowest BCUT2D eigenvalue weighted by molar-refractivity contribution is -0.156. The second-order valence-corrected chi connectivity index (χ2v) is 7.32. The first-order valence-corrected chi connectivity index (χ1v) is 8.68. The van der Waals surface area contributed by atoms with E-state index < -0.39 is 5.60 Å². The molecule has 1 saturated heterocycles. The van der Waals surface area contributed by atoms with Crippen molar-refractivity contribution in [1.29, 1.82) is 0 Å². The molecule has 6 heteroatoms. The Morgan fingerprint density at radius 2 is 1.68 bits per heavy atom. The fraction of sp³-hybridized carbons (Fsp3) is 0.632. The van der Waals surface area contributed by atoms with Crippen LogP contribution < -0.4 is 9.47 Å². The van der Waals surface area contributed by atoms with Gasteiger partial charge in [0, 0.05) is 38.3 Å². The highest BCUT2D eigenvalue weighted by Crippen LogP contribution is 2.25. The first-order valence-electron chi connectivity index (χ1n) is 8.68. The summed E-state index contributed by atoms with van der Waals surface area (Å²) in [6.07, 6.45) is 0. The second-order valence-electron chi connectivity index (χ2n) is 7.32. The molecule has 0 saturated carbocycles. The summed E-state index contributed by atoms with van der Waals surface area (Å²) >= 11 is 0. The smallest absolute Gasteiger partial charge is 0.320 e. The number of carbonyl (C=O) groups is 1. The maximum atomic E-state index is 11.9. The first kappa shape index (κ1) is 19.5. The standard InChI is InChI=1S/C19H30N2O4/c1-19(2,3)25-18(22)14-21-10-8-20(9-11-21)13-15-12-16(23-4)6-7-17(15)24-5/h6-7,12H,8-11,13-14H2,1-5H3. The summed E-state index contributed by atoms with van der Waals surface area (Å²) in [7, 11) is 3.35. The zero-order valence-corrected chi connectivity index (χ0v) is 16.0. The SMILES string of the molecule is COc1ccc(OC)c(CN2CCN(CC(=O)OC(C)(C)C)CC2)c1. The van der Waals surface area contributed by atoms with Gasteiger partial charge in [-0.1, -0.05) is 0 Å². The monoisotopic (exact) mass is 350 g/mol. The predicted octanol–water partition coefficient (Wildman–Crippen LogP) is 2.16. The largest absolute Gasteiger partial charge is 0.497 e. The Morgan fingerprint density at radius 3 is 2.24 bits per heavy atom. The van der Waals surface area contributed by atoms with Gasteiger partial charge in [-0.2, -0.15) is 0 Å². The van der Waals surface area contributed by atoms with Crippen LogP contribution in [0.25, 0.3) is 0 Å². The number of esters is 1. The molecule has 0 unspecified atom stereocenters. The molecule has 1 aliphatic rings. The van der Waals surface area contributed by atoms with Crippen LogP contribution in [0.4, 0.5) is 0 Å². The summed E-state index contributed by atoms with van der Waals surface area (Å²) in [6.45, 7) is 10.4. The molecule has 1 aromatic rings. The van der Waals surface area contributed by atoms with Crippen LogP contribution in [0.5, 0.6) is 11.5 Å². The van der Waals surface area contributed by atoms with Crippen molar-refractivity contribution < 1.29 is 19.0 Å². The molecule has 6 nitrogen and oxygen atoms in total. The van der Waals surface area contributed by atoms with Crippen LogP contribution in [0.15, 0.2) is 18.2 Å². The number of benzene rings is 1. The Morgan fingerprint density at radius 1 is 1.04 bits per heavy atom. The van der Waals surface area contributed by atoms with E-state index >= 15 is 0 Å². The molecule has 1 aliphatic heterocycles. The van der Waals surface area contributed by atoms with Gasteiger partial charge in [0.25, 0.3) is 0 Å². The molecular weight excluding hydrogens is 320 g/mol. The summed E-state index contributed by atoms with van der Waals surface area (Å²) in [6, 6.07) is 5.86. The lowest BCUT2D eigenvalue weighted by Gasteiger charge is -2.34. The lowest BCUT2D eigenvalue weighted by atomic mass is 10.1. The van der Waals surface area contributed by atoms with E-state index in [1.807, 2.05) is 39.0 Å². The van der Waals surface area contributed by atoms with Crippen LogP contribution in [-0.4, -0.2) is 68.3 Å². The van der Waals surface area contributed by atoms with Crippen LogP contribution in [-0.2, 0) is 16.1 Å². The maximum Gasteiger partial charge on any atom is 0.320 e. The number of rotatable bonds is 6.